The Hall–Kier alpha value is -1.05. The third-order valence-corrected chi connectivity index (χ3v) is 3.91. The van der Waals surface area contributed by atoms with E-state index in [2.05, 4.69) is 12.2 Å². The average Bonchev–Trinajstić information content (AvgIpc) is 2.33. The molecule has 1 saturated carbocycles. The highest BCUT2D eigenvalue weighted by molar-refractivity contribution is 5.51. The molecule has 0 heterocycles. The summed E-state index contributed by atoms with van der Waals surface area (Å²) in [5, 5.41) is 3.57. The van der Waals surface area contributed by atoms with Gasteiger partial charge in [-0.1, -0.05) is 26.2 Å². The van der Waals surface area contributed by atoms with Gasteiger partial charge in [-0.3, -0.25) is 0 Å². The molecule has 0 saturated heterocycles. The van der Waals surface area contributed by atoms with E-state index in [1.807, 2.05) is 13.0 Å². The summed E-state index contributed by atoms with van der Waals surface area (Å²) in [5.74, 6) is 0.713. The Kier molecular flexibility index (Phi) is 4.03. The number of hydrogen-bond acceptors (Lipinski definition) is 1. The summed E-state index contributed by atoms with van der Waals surface area (Å²) in [6.07, 6.45) is 6.47. The SMILES string of the molecule is CCC1CCCC(Nc2ccc(F)cc2C)C1. The Balaban J connectivity index is 2.00. The number of anilines is 1. The van der Waals surface area contributed by atoms with Crippen molar-refractivity contribution in [2.45, 2.75) is 52.0 Å². The highest BCUT2D eigenvalue weighted by atomic mass is 19.1. The smallest absolute Gasteiger partial charge is 0.123 e. The molecule has 94 valence electrons. The highest BCUT2D eigenvalue weighted by Crippen LogP contribution is 2.29. The highest BCUT2D eigenvalue weighted by Gasteiger charge is 2.20. The van der Waals surface area contributed by atoms with Gasteiger partial charge < -0.3 is 5.32 Å². The fourth-order valence-corrected chi connectivity index (χ4v) is 2.80. The second kappa shape index (κ2) is 5.52. The van der Waals surface area contributed by atoms with E-state index < -0.39 is 0 Å². The molecule has 1 nitrogen and oxygen atoms in total. The van der Waals surface area contributed by atoms with Gasteiger partial charge in [-0.05, 0) is 49.4 Å². The summed E-state index contributed by atoms with van der Waals surface area (Å²) in [4.78, 5) is 0. The van der Waals surface area contributed by atoms with Crippen molar-refractivity contribution in [1.82, 2.24) is 0 Å². The molecule has 0 aromatic heterocycles. The molecule has 2 rings (SSSR count). The summed E-state index contributed by atoms with van der Waals surface area (Å²) in [5.41, 5.74) is 2.09. The topological polar surface area (TPSA) is 12.0 Å². The van der Waals surface area contributed by atoms with E-state index in [4.69, 9.17) is 0 Å². The predicted molar refractivity (Wildman–Crippen MR) is 70.8 cm³/mol. The molecule has 2 unspecified atom stereocenters. The van der Waals surface area contributed by atoms with Gasteiger partial charge >= 0.3 is 0 Å². The van der Waals surface area contributed by atoms with Crippen molar-refractivity contribution in [3.8, 4) is 0 Å². The Morgan fingerprint density at radius 2 is 2.18 bits per heavy atom. The second-order valence-corrected chi connectivity index (χ2v) is 5.24. The number of benzene rings is 1. The van der Waals surface area contributed by atoms with Gasteiger partial charge in [0.25, 0.3) is 0 Å². The molecule has 0 aliphatic heterocycles. The van der Waals surface area contributed by atoms with Crippen molar-refractivity contribution in [1.29, 1.82) is 0 Å². The maximum absolute atomic E-state index is 13.0. The molecule has 17 heavy (non-hydrogen) atoms. The lowest BCUT2D eigenvalue weighted by Gasteiger charge is -2.30. The van der Waals surface area contributed by atoms with Gasteiger partial charge in [-0.25, -0.2) is 4.39 Å². The third-order valence-electron chi connectivity index (χ3n) is 3.91. The van der Waals surface area contributed by atoms with Gasteiger partial charge in [0.15, 0.2) is 0 Å². The van der Waals surface area contributed by atoms with Crippen molar-refractivity contribution in [2.75, 3.05) is 5.32 Å². The van der Waals surface area contributed by atoms with Crippen LogP contribution in [0.2, 0.25) is 0 Å². The molecular formula is C15H22FN. The van der Waals surface area contributed by atoms with E-state index in [0.717, 1.165) is 17.2 Å². The maximum Gasteiger partial charge on any atom is 0.123 e. The molecule has 1 N–H and O–H groups in total. The van der Waals surface area contributed by atoms with Crippen molar-refractivity contribution >= 4 is 5.69 Å². The van der Waals surface area contributed by atoms with Crippen LogP contribution in [0.15, 0.2) is 18.2 Å². The lowest BCUT2D eigenvalue weighted by Crippen LogP contribution is -2.27. The van der Waals surface area contributed by atoms with Crippen LogP contribution < -0.4 is 5.32 Å². The Morgan fingerprint density at radius 3 is 2.88 bits per heavy atom. The minimum Gasteiger partial charge on any atom is -0.382 e. The normalized spacial score (nSPS) is 24.6. The fourth-order valence-electron chi connectivity index (χ4n) is 2.80. The first-order valence-electron chi connectivity index (χ1n) is 6.71. The van der Waals surface area contributed by atoms with E-state index in [0.29, 0.717) is 6.04 Å². The molecule has 1 fully saturated rings. The van der Waals surface area contributed by atoms with Crippen molar-refractivity contribution < 1.29 is 4.39 Å². The first-order chi connectivity index (χ1) is 8.19. The largest absolute Gasteiger partial charge is 0.382 e. The van der Waals surface area contributed by atoms with E-state index in [1.165, 1.54) is 38.2 Å². The Labute approximate surface area is 103 Å². The van der Waals surface area contributed by atoms with Gasteiger partial charge in [0, 0.05) is 11.7 Å². The lowest BCUT2D eigenvalue weighted by atomic mass is 9.84. The van der Waals surface area contributed by atoms with Crippen molar-refractivity contribution in [3.05, 3.63) is 29.6 Å². The Bertz CT molecular complexity index is 375. The summed E-state index contributed by atoms with van der Waals surface area (Å²) >= 11 is 0. The van der Waals surface area contributed by atoms with Crippen LogP contribution in [0, 0.1) is 18.7 Å². The van der Waals surface area contributed by atoms with Gasteiger partial charge in [-0.2, -0.15) is 0 Å². The molecule has 1 aromatic carbocycles. The van der Waals surface area contributed by atoms with Crippen LogP contribution in [0.5, 0.6) is 0 Å². The van der Waals surface area contributed by atoms with Crippen LogP contribution >= 0.6 is 0 Å². The quantitative estimate of drug-likeness (QED) is 0.812. The fraction of sp³-hybridized carbons (Fsp3) is 0.600. The minimum atomic E-state index is -0.150. The molecule has 1 aromatic rings. The molecule has 1 aliphatic rings. The predicted octanol–water partition coefficient (Wildman–Crippen LogP) is 4.51. The molecule has 2 heteroatoms. The average molecular weight is 235 g/mol. The van der Waals surface area contributed by atoms with Gasteiger partial charge in [0.05, 0.1) is 0 Å². The second-order valence-electron chi connectivity index (χ2n) is 5.24. The van der Waals surface area contributed by atoms with Gasteiger partial charge in [0.1, 0.15) is 5.82 Å². The van der Waals surface area contributed by atoms with Crippen LogP contribution in [0.1, 0.15) is 44.6 Å². The standard InChI is InChI=1S/C15H22FN/c1-3-12-5-4-6-14(10-12)17-15-8-7-13(16)9-11(15)2/h7-9,12,14,17H,3-6,10H2,1-2H3. The molecular weight excluding hydrogens is 213 g/mol. The van der Waals surface area contributed by atoms with Crippen LogP contribution in [0.4, 0.5) is 10.1 Å². The van der Waals surface area contributed by atoms with Crippen molar-refractivity contribution in [3.63, 3.8) is 0 Å². The number of nitrogens with one attached hydrogen (secondary N) is 1. The summed E-state index contributed by atoms with van der Waals surface area (Å²) < 4.78 is 13.0. The molecule has 0 bridgehead atoms. The van der Waals surface area contributed by atoms with E-state index in [-0.39, 0.29) is 5.82 Å². The van der Waals surface area contributed by atoms with Crippen LogP contribution in [0.25, 0.3) is 0 Å². The molecule has 0 spiro atoms. The van der Waals surface area contributed by atoms with Crippen LogP contribution in [-0.4, -0.2) is 6.04 Å². The zero-order chi connectivity index (χ0) is 12.3. The summed E-state index contributed by atoms with van der Waals surface area (Å²) in [6, 6.07) is 5.57. The summed E-state index contributed by atoms with van der Waals surface area (Å²) in [7, 11) is 0. The zero-order valence-electron chi connectivity index (χ0n) is 10.8. The number of rotatable bonds is 3. The first-order valence-corrected chi connectivity index (χ1v) is 6.71. The monoisotopic (exact) mass is 235 g/mol. The van der Waals surface area contributed by atoms with Crippen molar-refractivity contribution in [2.24, 2.45) is 5.92 Å². The Morgan fingerprint density at radius 1 is 1.35 bits per heavy atom. The maximum atomic E-state index is 13.0. The van der Waals surface area contributed by atoms with E-state index in [9.17, 15) is 4.39 Å². The molecule has 0 amide bonds. The zero-order valence-corrected chi connectivity index (χ0v) is 10.8. The number of halogens is 1. The minimum absolute atomic E-state index is 0.150. The van der Waals surface area contributed by atoms with Crippen LogP contribution in [-0.2, 0) is 0 Å². The number of aryl methyl sites for hydroxylation is 1. The van der Waals surface area contributed by atoms with E-state index >= 15 is 0 Å². The molecule has 1 aliphatic carbocycles. The third kappa shape index (κ3) is 3.21. The van der Waals surface area contributed by atoms with Gasteiger partial charge in [0.2, 0.25) is 0 Å². The van der Waals surface area contributed by atoms with E-state index in [1.54, 1.807) is 6.07 Å². The van der Waals surface area contributed by atoms with Gasteiger partial charge in [-0.15, -0.1) is 0 Å². The summed E-state index contributed by atoms with van der Waals surface area (Å²) in [6.45, 7) is 4.24. The first kappa shape index (κ1) is 12.4. The molecule has 2 atom stereocenters. The lowest BCUT2D eigenvalue weighted by molar-refractivity contribution is 0.327. The van der Waals surface area contributed by atoms with Crippen LogP contribution in [0.3, 0.4) is 0 Å². The molecule has 0 radical (unpaired) electrons. The number of hydrogen-bond donors (Lipinski definition) is 1.